The average molecular weight is 330 g/mol. The van der Waals surface area contributed by atoms with E-state index in [-0.39, 0.29) is 11.3 Å². The van der Waals surface area contributed by atoms with Crippen LogP contribution in [0.4, 0.5) is 0 Å². The maximum Gasteiger partial charge on any atom is 0.224 e. The van der Waals surface area contributed by atoms with Crippen LogP contribution in [-0.2, 0) is 22.0 Å². The van der Waals surface area contributed by atoms with Crippen molar-refractivity contribution in [3.05, 3.63) is 23.5 Å². The second kappa shape index (κ2) is 6.51. The van der Waals surface area contributed by atoms with Gasteiger partial charge in [-0.1, -0.05) is 6.92 Å². The van der Waals surface area contributed by atoms with E-state index in [4.69, 9.17) is 9.72 Å². The number of aromatic nitrogens is 3. The highest BCUT2D eigenvalue weighted by Crippen LogP contribution is 2.34. The molecule has 130 valence electrons. The Hall–Kier alpha value is -1.95. The first-order valence-electron chi connectivity index (χ1n) is 8.52. The van der Waals surface area contributed by atoms with E-state index in [0.29, 0.717) is 19.6 Å². The van der Waals surface area contributed by atoms with Crippen molar-refractivity contribution >= 4 is 16.9 Å². The van der Waals surface area contributed by atoms with E-state index in [1.54, 1.807) is 7.11 Å². The summed E-state index contributed by atoms with van der Waals surface area (Å²) in [6, 6.07) is 4.21. The van der Waals surface area contributed by atoms with Gasteiger partial charge in [-0.2, -0.15) is 5.10 Å². The molecule has 0 bridgehead atoms. The zero-order chi connectivity index (χ0) is 17.3. The number of fused-ring (bicyclic) bond motifs is 1. The number of hydrogen-bond donors (Lipinski definition) is 0. The van der Waals surface area contributed by atoms with Crippen molar-refractivity contribution in [3.8, 4) is 0 Å². The van der Waals surface area contributed by atoms with Crippen LogP contribution in [-0.4, -0.2) is 52.4 Å². The highest BCUT2D eigenvalue weighted by Gasteiger charge is 2.36. The third-order valence-corrected chi connectivity index (χ3v) is 5.06. The standard InChI is InChI=1S/C18H26N4O2/c1-13-14-6-7-15(19-17(14)21(3)20-13)18(2)9-5-10-22(12-18)16(23)8-11-24-4/h6-7H,5,8-12H2,1-4H3/t18-/m0/s1. The molecule has 6 nitrogen and oxygen atoms in total. The summed E-state index contributed by atoms with van der Waals surface area (Å²) in [7, 11) is 3.55. The minimum Gasteiger partial charge on any atom is -0.384 e. The number of aryl methyl sites for hydroxylation is 2. The molecule has 1 atom stereocenters. The predicted molar refractivity (Wildman–Crippen MR) is 92.9 cm³/mol. The maximum atomic E-state index is 12.4. The lowest BCUT2D eigenvalue weighted by atomic mass is 9.78. The van der Waals surface area contributed by atoms with Crippen LogP contribution in [0.1, 0.15) is 37.6 Å². The van der Waals surface area contributed by atoms with Gasteiger partial charge >= 0.3 is 0 Å². The van der Waals surface area contributed by atoms with Crippen molar-refractivity contribution < 1.29 is 9.53 Å². The minimum absolute atomic E-state index is 0.118. The van der Waals surface area contributed by atoms with Gasteiger partial charge in [-0.25, -0.2) is 4.98 Å². The topological polar surface area (TPSA) is 60.2 Å². The molecule has 0 unspecified atom stereocenters. The smallest absolute Gasteiger partial charge is 0.224 e. The van der Waals surface area contributed by atoms with Gasteiger partial charge in [0, 0.05) is 38.0 Å². The van der Waals surface area contributed by atoms with E-state index in [9.17, 15) is 4.79 Å². The Morgan fingerprint density at radius 1 is 1.42 bits per heavy atom. The summed E-state index contributed by atoms with van der Waals surface area (Å²) in [5.74, 6) is 0.167. The summed E-state index contributed by atoms with van der Waals surface area (Å²) in [4.78, 5) is 19.2. The Morgan fingerprint density at radius 3 is 2.96 bits per heavy atom. The molecule has 0 saturated carbocycles. The van der Waals surface area contributed by atoms with Gasteiger partial charge < -0.3 is 9.64 Å². The lowest BCUT2D eigenvalue weighted by molar-refractivity contribution is -0.134. The average Bonchev–Trinajstić information content (AvgIpc) is 2.86. The van der Waals surface area contributed by atoms with Crippen LogP contribution in [0.15, 0.2) is 12.1 Å². The molecule has 1 aliphatic rings. The van der Waals surface area contributed by atoms with E-state index in [1.807, 2.05) is 23.6 Å². The van der Waals surface area contributed by atoms with Crippen LogP contribution in [0.2, 0.25) is 0 Å². The summed E-state index contributed by atoms with van der Waals surface area (Å²) in [5, 5.41) is 5.54. The molecule has 0 N–H and O–H groups in total. The van der Waals surface area contributed by atoms with Gasteiger partial charge in [0.15, 0.2) is 5.65 Å². The fourth-order valence-electron chi connectivity index (χ4n) is 3.65. The second-order valence-corrected chi connectivity index (χ2v) is 7.00. The van der Waals surface area contributed by atoms with Crippen LogP contribution < -0.4 is 0 Å². The SMILES string of the molecule is COCCC(=O)N1CCC[C@](C)(c2ccc3c(C)nn(C)c3n2)C1. The molecule has 1 aliphatic heterocycles. The van der Waals surface area contributed by atoms with Gasteiger partial charge in [-0.05, 0) is 31.9 Å². The van der Waals surface area contributed by atoms with Gasteiger partial charge in [0.25, 0.3) is 0 Å². The molecule has 2 aromatic rings. The van der Waals surface area contributed by atoms with Gasteiger partial charge in [-0.3, -0.25) is 9.48 Å². The molecule has 1 fully saturated rings. The summed E-state index contributed by atoms with van der Waals surface area (Å²) in [6.07, 6.45) is 2.48. The van der Waals surface area contributed by atoms with Crippen LogP contribution in [0.3, 0.4) is 0 Å². The normalized spacial score (nSPS) is 21.4. The summed E-state index contributed by atoms with van der Waals surface area (Å²) >= 11 is 0. The highest BCUT2D eigenvalue weighted by molar-refractivity contribution is 5.78. The molecule has 1 saturated heterocycles. The Morgan fingerprint density at radius 2 is 2.21 bits per heavy atom. The summed E-state index contributed by atoms with van der Waals surface area (Å²) in [5.41, 5.74) is 2.83. The van der Waals surface area contributed by atoms with E-state index < -0.39 is 0 Å². The van der Waals surface area contributed by atoms with Crippen molar-refractivity contribution in [3.63, 3.8) is 0 Å². The Labute approximate surface area is 142 Å². The quantitative estimate of drug-likeness (QED) is 0.862. The molecular formula is C18H26N4O2. The van der Waals surface area contributed by atoms with Crippen LogP contribution >= 0.6 is 0 Å². The molecule has 0 aliphatic carbocycles. The number of likely N-dealkylation sites (tertiary alicyclic amines) is 1. The Bertz CT molecular complexity index is 755. The lowest BCUT2D eigenvalue weighted by Gasteiger charge is -2.40. The molecule has 3 heterocycles. The number of ether oxygens (including phenoxy) is 1. The number of nitrogens with zero attached hydrogens (tertiary/aromatic N) is 4. The first-order chi connectivity index (χ1) is 11.4. The van der Waals surface area contributed by atoms with Crippen LogP contribution in [0, 0.1) is 6.92 Å². The molecule has 1 amide bonds. The molecule has 6 heteroatoms. The van der Waals surface area contributed by atoms with E-state index in [2.05, 4.69) is 24.2 Å². The summed E-state index contributed by atoms with van der Waals surface area (Å²) < 4.78 is 6.87. The van der Waals surface area contributed by atoms with E-state index in [0.717, 1.165) is 41.8 Å². The largest absolute Gasteiger partial charge is 0.384 e. The predicted octanol–water partition coefficient (Wildman–Crippen LogP) is 2.19. The van der Waals surface area contributed by atoms with Crippen molar-refractivity contribution in [1.29, 1.82) is 0 Å². The zero-order valence-electron chi connectivity index (χ0n) is 15.0. The first-order valence-corrected chi connectivity index (χ1v) is 8.52. The lowest BCUT2D eigenvalue weighted by Crippen LogP contribution is -2.47. The molecule has 0 spiro atoms. The van der Waals surface area contributed by atoms with Crippen molar-refractivity contribution in [2.24, 2.45) is 7.05 Å². The number of amides is 1. The highest BCUT2D eigenvalue weighted by atomic mass is 16.5. The molecule has 3 rings (SSSR count). The van der Waals surface area contributed by atoms with E-state index >= 15 is 0 Å². The molecule has 0 aromatic carbocycles. The molecule has 24 heavy (non-hydrogen) atoms. The minimum atomic E-state index is -0.118. The van der Waals surface area contributed by atoms with Gasteiger partial charge in [-0.15, -0.1) is 0 Å². The maximum absolute atomic E-state index is 12.4. The third-order valence-electron chi connectivity index (χ3n) is 5.06. The third kappa shape index (κ3) is 3.02. The number of methoxy groups -OCH3 is 1. The number of carbonyl (C=O) groups is 1. The Balaban J connectivity index is 1.87. The van der Waals surface area contributed by atoms with Crippen molar-refractivity contribution in [2.45, 2.75) is 38.5 Å². The Kier molecular flexibility index (Phi) is 4.58. The number of hydrogen-bond acceptors (Lipinski definition) is 4. The second-order valence-electron chi connectivity index (χ2n) is 7.00. The van der Waals surface area contributed by atoms with Gasteiger partial charge in [0.2, 0.25) is 5.91 Å². The summed E-state index contributed by atoms with van der Waals surface area (Å²) in [6.45, 7) is 6.23. The first kappa shape index (κ1) is 16.9. The number of carbonyl (C=O) groups excluding carboxylic acids is 1. The fourth-order valence-corrected chi connectivity index (χ4v) is 3.65. The van der Waals surface area contributed by atoms with Gasteiger partial charge in [0.1, 0.15) is 0 Å². The van der Waals surface area contributed by atoms with Crippen molar-refractivity contribution in [2.75, 3.05) is 26.8 Å². The number of pyridine rings is 1. The number of piperidine rings is 1. The molecular weight excluding hydrogens is 304 g/mol. The van der Waals surface area contributed by atoms with Gasteiger partial charge in [0.05, 0.1) is 24.4 Å². The number of rotatable bonds is 4. The monoisotopic (exact) mass is 330 g/mol. The van der Waals surface area contributed by atoms with Crippen LogP contribution in [0.5, 0.6) is 0 Å². The molecule has 0 radical (unpaired) electrons. The van der Waals surface area contributed by atoms with E-state index in [1.165, 1.54) is 0 Å². The zero-order valence-corrected chi connectivity index (χ0v) is 15.0. The van der Waals surface area contributed by atoms with Crippen molar-refractivity contribution in [1.82, 2.24) is 19.7 Å². The molecule has 2 aromatic heterocycles. The van der Waals surface area contributed by atoms with Crippen LogP contribution in [0.25, 0.3) is 11.0 Å². The fraction of sp³-hybridized carbons (Fsp3) is 0.611.